The van der Waals surface area contributed by atoms with Gasteiger partial charge >= 0.3 is 0 Å². The largest absolute Gasteiger partial charge is 0.297 e. The van der Waals surface area contributed by atoms with Gasteiger partial charge in [0.2, 0.25) is 0 Å². The third-order valence-electron chi connectivity index (χ3n) is 5.74. The van der Waals surface area contributed by atoms with Gasteiger partial charge in [0.05, 0.1) is 0 Å². The van der Waals surface area contributed by atoms with Crippen molar-refractivity contribution in [3.63, 3.8) is 0 Å². The van der Waals surface area contributed by atoms with Gasteiger partial charge in [-0.2, -0.15) is 0 Å². The summed E-state index contributed by atoms with van der Waals surface area (Å²) in [6.45, 7) is 14.1. The molecular weight excluding hydrogens is 374 g/mol. The van der Waals surface area contributed by atoms with E-state index >= 15 is 0 Å². The van der Waals surface area contributed by atoms with Crippen LogP contribution in [0.15, 0.2) is 17.6 Å². The molecule has 0 saturated carbocycles. The Morgan fingerprint density at radius 3 is 1.03 bits per heavy atom. The summed E-state index contributed by atoms with van der Waals surface area (Å²) in [5.74, 6) is 0. The highest BCUT2D eigenvalue weighted by atomic mass is 14.7. The molecule has 0 bridgehead atoms. The van der Waals surface area contributed by atoms with Gasteiger partial charge in [0.1, 0.15) is 0 Å². The number of nitrogens with zero attached hydrogens (tertiary/aromatic N) is 1. The average Bonchev–Trinajstić information content (AvgIpc) is 2.82. The second-order valence-electron chi connectivity index (χ2n) is 8.64. The highest BCUT2D eigenvalue weighted by Crippen LogP contribution is 2.14. The second-order valence-corrected chi connectivity index (χ2v) is 8.64. The predicted molar refractivity (Wildman–Crippen MR) is 149 cm³/mol. The molecule has 0 amide bonds. The Kier molecular flexibility index (Phi) is 41.5. The average molecular weight is 438 g/mol. The Bertz CT molecular complexity index is 318. The lowest BCUT2D eigenvalue weighted by atomic mass is 10.0. The van der Waals surface area contributed by atoms with Crippen molar-refractivity contribution in [2.75, 3.05) is 7.05 Å². The maximum atomic E-state index is 4.54. The van der Waals surface area contributed by atoms with E-state index in [1.165, 1.54) is 134 Å². The summed E-state index contributed by atoms with van der Waals surface area (Å²) < 4.78 is 0. The molecule has 0 spiro atoms. The van der Waals surface area contributed by atoms with Gasteiger partial charge in [0, 0.05) is 12.8 Å². The normalized spacial score (nSPS) is 10.7. The van der Waals surface area contributed by atoms with E-state index in [4.69, 9.17) is 0 Å². The van der Waals surface area contributed by atoms with Crippen molar-refractivity contribution in [3.8, 4) is 0 Å². The van der Waals surface area contributed by atoms with Crippen LogP contribution in [0.1, 0.15) is 169 Å². The van der Waals surface area contributed by atoms with E-state index in [1.54, 1.807) is 0 Å². The van der Waals surface area contributed by atoms with Gasteiger partial charge in [-0.25, -0.2) is 0 Å². The van der Waals surface area contributed by atoms with Crippen molar-refractivity contribution in [1.29, 1.82) is 0 Å². The molecule has 0 aromatic rings. The van der Waals surface area contributed by atoms with Crippen molar-refractivity contribution in [2.24, 2.45) is 4.99 Å². The van der Waals surface area contributed by atoms with Crippen molar-refractivity contribution in [2.45, 2.75) is 169 Å². The molecule has 0 heterocycles. The van der Waals surface area contributed by atoms with Gasteiger partial charge < -0.3 is 0 Å². The van der Waals surface area contributed by atoms with Crippen molar-refractivity contribution >= 4 is 5.71 Å². The molecule has 0 aromatic carbocycles. The zero-order valence-electron chi connectivity index (χ0n) is 23.1. The zero-order valence-corrected chi connectivity index (χ0v) is 23.1. The fraction of sp³-hybridized carbons (Fsp3) is 0.900. The second kappa shape index (κ2) is 36.8. The van der Waals surface area contributed by atoms with Crippen LogP contribution in [0.3, 0.4) is 0 Å². The highest BCUT2D eigenvalue weighted by molar-refractivity contribution is 5.84. The summed E-state index contributed by atoms with van der Waals surface area (Å²) in [5.41, 5.74) is 1.48. The minimum Gasteiger partial charge on any atom is -0.297 e. The zero-order chi connectivity index (χ0) is 23.8. The fourth-order valence-electron chi connectivity index (χ4n) is 3.63. The molecule has 0 aliphatic heterocycles. The van der Waals surface area contributed by atoms with Gasteiger partial charge in [0.15, 0.2) is 0 Å². The molecule has 0 radical (unpaired) electrons. The summed E-state index contributed by atoms with van der Waals surface area (Å²) in [4.78, 5) is 4.54. The molecule has 0 unspecified atom stereocenters. The van der Waals surface area contributed by atoms with Crippen LogP contribution >= 0.6 is 0 Å². The molecule has 0 fully saturated rings. The van der Waals surface area contributed by atoms with Crippen LogP contribution < -0.4 is 0 Å². The van der Waals surface area contributed by atoms with Crippen molar-refractivity contribution in [1.82, 2.24) is 0 Å². The van der Waals surface area contributed by atoms with Crippen LogP contribution in [0.2, 0.25) is 0 Å². The van der Waals surface area contributed by atoms with E-state index in [0.29, 0.717) is 0 Å². The third-order valence-corrected chi connectivity index (χ3v) is 5.74. The van der Waals surface area contributed by atoms with Crippen molar-refractivity contribution < 1.29 is 0 Å². The number of hydrogen-bond donors (Lipinski definition) is 0. The number of hydrogen-bond acceptors (Lipinski definition) is 1. The van der Waals surface area contributed by atoms with Gasteiger partial charge in [-0.1, -0.05) is 143 Å². The first-order valence-corrected chi connectivity index (χ1v) is 14.3. The minimum atomic E-state index is 1.08. The number of unbranched alkanes of at least 4 members (excludes halogenated alkanes) is 16. The summed E-state index contributed by atoms with van der Waals surface area (Å²) in [5, 5.41) is 0. The van der Waals surface area contributed by atoms with E-state index in [-0.39, 0.29) is 0 Å². The van der Waals surface area contributed by atoms with Crippen LogP contribution in [0.25, 0.3) is 0 Å². The van der Waals surface area contributed by atoms with Crippen LogP contribution in [0.5, 0.6) is 0 Å². The maximum Gasteiger partial charge on any atom is 0.0276 e. The Hall–Kier alpha value is -0.590. The number of allylic oxidation sites excluding steroid dienone is 1. The predicted octanol–water partition coefficient (Wildman–Crippen LogP) is 11.5. The molecule has 0 N–H and O–H groups in total. The Morgan fingerprint density at radius 2 is 0.806 bits per heavy atom. The molecule has 31 heavy (non-hydrogen) atoms. The number of aliphatic imine (C=N–C) groups is 1. The topological polar surface area (TPSA) is 12.4 Å². The molecule has 1 nitrogen and oxygen atoms in total. The van der Waals surface area contributed by atoms with E-state index in [1.807, 2.05) is 27.0 Å². The Balaban J connectivity index is -0.00000116. The van der Waals surface area contributed by atoms with Crippen molar-refractivity contribution in [3.05, 3.63) is 12.7 Å². The molecule has 0 aliphatic rings. The summed E-state index contributed by atoms with van der Waals surface area (Å²) in [7, 11) is 2.00. The fourth-order valence-corrected chi connectivity index (χ4v) is 3.63. The van der Waals surface area contributed by atoms with Crippen LogP contribution in [0, 0.1) is 0 Å². The maximum absolute atomic E-state index is 4.54. The monoisotopic (exact) mass is 437 g/mol. The first-order valence-electron chi connectivity index (χ1n) is 14.3. The lowest BCUT2D eigenvalue weighted by Gasteiger charge is -2.06. The minimum absolute atomic E-state index is 1.08. The first kappa shape index (κ1) is 35.0. The summed E-state index contributed by atoms with van der Waals surface area (Å²) >= 11 is 0. The van der Waals surface area contributed by atoms with E-state index < -0.39 is 0 Å². The lowest BCUT2D eigenvalue weighted by molar-refractivity contribution is 0.558. The van der Waals surface area contributed by atoms with E-state index in [9.17, 15) is 0 Å². The Labute approximate surface area is 200 Å². The van der Waals surface area contributed by atoms with Gasteiger partial charge in [0.25, 0.3) is 0 Å². The highest BCUT2D eigenvalue weighted by Gasteiger charge is 2.00. The van der Waals surface area contributed by atoms with E-state index in [2.05, 4.69) is 32.3 Å². The molecule has 0 aromatic heterocycles. The van der Waals surface area contributed by atoms with Gasteiger partial charge in [-0.15, -0.1) is 6.58 Å². The molecule has 0 atom stereocenters. The van der Waals surface area contributed by atoms with Crippen LogP contribution in [0.4, 0.5) is 0 Å². The lowest BCUT2D eigenvalue weighted by Crippen LogP contribution is -1.98. The smallest absolute Gasteiger partial charge is 0.0276 e. The molecule has 0 rings (SSSR count). The number of rotatable bonds is 21. The first-order chi connectivity index (χ1) is 15.3. The van der Waals surface area contributed by atoms with Gasteiger partial charge in [-0.3, -0.25) is 4.99 Å². The summed E-state index contributed by atoms with van der Waals surface area (Å²) in [6, 6.07) is 0. The SMILES string of the molecule is C=CCC.CC.CCCCCCCCCCCCC(CCCCCCCCCC)=NC. The third kappa shape index (κ3) is 37.1. The van der Waals surface area contributed by atoms with Gasteiger partial charge in [-0.05, 0) is 32.1 Å². The Morgan fingerprint density at radius 1 is 0.548 bits per heavy atom. The van der Waals surface area contributed by atoms with Crippen LogP contribution in [-0.4, -0.2) is 12.8 Å². The molecular formula is C30H63N. The summed E-state index contributed by atoms with van der Waals surface area (Å²) in [6.07, 6.45) is 31.0. The molecule has 0 aliphatic carbocycles. The standard InChI is InChI=1S/C24H49N.C4H8.C2H6/c1-4-6-8-10-12-14-15-17-19-21-23-24(25-3)22-20-18-16-13-11-9-7-5-2;1-3-4-2;1-2/h4-23H2,1-3H3;3H,1,4H2,2H3;1-2H3. The molecule has 1 heteroatoms. The quantitative estimate of drug-likeness (QED) is 0.0961. The van der Waals surface area contributed by atoms with E-state index in [0.717, 1.165) is 6.42 Å². The molecule has 0 saturated heterocycles. The molecule has 188 valence electrons. The van der Waals surface area contributed by atoms with Crippen LogP contribution in [-0.2, 0) is 0 Å².